The van der Waals surface area contributed by atoms with Crippen LogP contribution in [0, 0.1) is 12.8 Å². The number of halogens is 1. The number of ether oxygens (including phenoxy) is 2. The molecule has 0 radical (unpaired) electrons. The quantitative estimate of drug-likeness (QED) is 0.633. The van der Waals surface area contributed by atoms with Crippen LogP contribution in [0.25, 0.3) is 0 Å². The van der Waals surface area contributed by atoms with Crippen LogP contribution in [0.5, 0.6) is 5.75 Å². The van der Waals surface area contributed by atoms with Crippen LogP contribution in [0.4, 0.5) is 0 Å². The normalized spacial score (nSPS) is 11.1. The van der Waals surface area contributed by atoms with Gasteiger partial charge in [-0.05, 0) is 49.9 Å². The van der Waals surface area contributed by atoms with Crippen LogP contribution in [-0.4, -0.2) is 26.9 Å². The van der Waals surface area contributed by atoms with Gasteiger partial charge in [-0.15, -0.1) is 0 Å². The minimum Gasteiger partial charge on any atom is -0.493 e. The average Bonchev–Trinajstić information content (AvgIpc) is 2.40. The van der Waals surface area contributed by atoms with E-state index < -0.39 is 0 Å². The highest BCUT2D eigenvalue weighted by atomic mass is 79.9. The smallest absolute Gasteiger partial charge is 0.126 e. The second-order valence-electron chi connectivity index (χ2n) is 5.78. The Balaban J connectivity index is 2.62. The number of hydrogen-bond donors (Lipinski definition) is 1. The summed E-state index contributed by atoms with van der Waals surface area (Å²) in [5, 5.41) is 3.49. The second kappa shape index (κ2) is 10.2. The van der Waals surface area contributed by atoms with Crippen molar-refractivity contribution in [2.75, 3.05) is 26.9 Å². The Morgan fingerprint density at radius 2 is 1.90 bits per heavy atom. The fourth-order valence-electron chi connectivity index (χ4n) is 2.16. The van der Waals surface area contributed by atoms with Crippen LogP contribution in [0.1, 0.15) is 37.8 Å². The first-order chi connectivity index (χ1) is 10.0. The maximum Gasteiger partial charge on any atom is 0.126 e. The van der Waals surface area contributed by atoms with Crippen LogP contribution in [0.3, 0.4) is 0 Å². The zero-order chi connectivity index (χ0) is 15.7. The van der Waals surface area contributed by atoms with E-state index in [1.807, 2.05) is 0 Å². The molecule has 3 nitrogen and oxygen atoms in total. The van der Waals surface area contributed by atoms with E-state index in [1.54, 1.807) is 7.11 Å². The number of hydrogen-bond acceptors (Lipinski definition) is 3. The molecule has 1 rings (SSSR count). The molecule has 0 aliphatic heterocycles. The molecule has 0 saturated heterocycles. The molecular formula is C17H28BrNO2. The number of benzene rings is 1. The molecule has 1 aromatic rings. The first-order valence-electron chi connectivity index (χ1n) is 7.66. The lowest BCUT2D eigenvalue weighted by Crippen LogP contribution is -2.19. The van der Waals surface area contributed by atoms with E-state index in [0.717, 1.165) is 49.4 Å². The minimum atomic E-state index is 0.650. The zero-order valence-electron chi connectivity index (χ0n) is 13.7. The lowest BCUT2D eigenvalue weighted by molar-refractivity contribution is 0.184. The van der Waals surface area contributed by atoms with Crippen molar-refractivity contribution >= 4 is 15.9 Å². The van der Waals surface area contributed by atoms with E-state index in [-0.39, 0.29) is 0 Å². The Morgan fingerprint density at radius 3 is 2.57 bits per heavy atom. The van der Waals surface area contributed by atoms with Crippen molar-refractivity contribution in [2.45, 2.75) is 40.2 Å². The van der Waals surface area contributed by atoms with Crippen molar-refractivity contribution in [1.29, 1.82) is 0 Å². The maximum absolute atomic E-state index is 6.01. The van der Waals surface area contributed by atoms with Gasteiger partial charge >= 0.3 is 0 Å². The summed E-state index contributed by atoms with van der Waals surface area (Å²) < 4.78 is 12.2. The van der Waals surface area contributed by atoms with Crippen molar-refractivity contribution in [3.05, 3.63) is 27.7 Å². The number of methoxy groups -OCH3 is 1. The molecule has 0 aliphatic rings. The Bertz CT molecular complexity index is 421. The van der Waals surface area contributed by atoms with Crippen LogP contribution in [-0.2, 0) is 11.3 Å². The highest BCUT2D eigenvalue weighted by Crippen LogP contribution is 2.28. The van der Waals surface area contributed by atoms with Crippen LogP contribution >= 0.6 is 15.9 Å². The SMILES string of the molecule is COCCCCOc1c(C)cc(Br)cc1CNCC(C)C. The third-order valence-corrected chi connectivity index (χ3v) is 3.63. The molecule has 0 aromatic heterocycles. The summed E-state index contributed by atoms with van der Waals surface area (Å²) >= 11 is 3.57. The Labute approximate surface area is 137 Å². The molecule has 0 fully saturated rings. The molecule has 0 bridgehead atoms. The third kappa shape index (κ3) is 7.30. The summed E-state index contributed by atoms with van der Waals surface area (Å²) in [6, 6.07) is 4.25. The van der Waals surface area contributed by atoms with Gasteiger partial charge in [0.25, 0.3) is 0 Å². The highest BCUT2D eigenvalue weighted by molar-refractivity contribution is 9.10. The van der Waals surface area contributed by atoms with Crippen molar-refractivity contribution in [3.8, 4) is 5.75 Å². The van der Waals surface area contributed by atoms with E-state index >= 15 is 0 Å². The molecule has 1 N–H and O–H groups in total. The van der Waals surface area contributed by atoms with Crippen molar-refractivity contribution in [3.63, 3.8) is 0 Å². The van der Waals surface area contributed by atoms with E-state index in [0.29, 0.717) is 5.92 Å². The zero-order valence-corrected chi connectivity index (χ0v) is 15.3. The number of unbranched alkanes of at least 4 members (excludes halogenated alkanes) is 1. The largest absolute Gasteiger partial charge is 0.493 e. The summed E-state index contributed by atoms with van der Waals surface area (Å²) in [6.07, 6.45) is 2.05. The predicted octanol–water partition coefficient (Wildman–Crippen LogP) is 4.31. The minimum absolute atomic E-state index is 0.650. The van der Waals surface area contributed by atoms with Crippen molar-refractivity contribution in [2.24, 2.45) is 5.92 Å². The highest BCUT2D eigenvalue weighted by Gasteiger charge is 2.09. The Morgan fingerprint density at radius 1 is 1.19 bits per heavy atom. The van der Waals surface area contributed by atoms with Gasteiger partial charge in [-0.3, -0.25) is 0 Å². The van der Waals surface area contributed by atoms with Gasteiger partial charge in [0, 0.05) is 30.3 Å². The lowest BCUT2D eigenvalue weighted by atomic mass is 10.1. The summed E-state index contributed by atoms with van der Waals surface area (Å²) in [5.41, 5.74) is 2.40. The van der Waals surface area contributed by atoms with Gasteiger partial charge in [0.1, 0.15) is 5.75 Å². The molecule has 0 amide bonds. The summed E-state index contributed by atoms with van der Waals surface area (Å²) in [5.74, 6) is 1.67. The molecule has 0 saturated carbocycles. The van der Waals surface area contributed by atoms with Gasteiger partial charge in [0.15, 0.2) is 0 Å². The van der Waals surface area contributed by atoms with Gasteiger partial charge in [0.05, 0.1) is 6.61 Å². The molecule has 0 spiro atoms. The van der Waals surface area contributed by atoms with Gasteiger partial charge < -0.3 is 14.8 Å². The third-order valence-electron chi connectivity index (χ3n) is 3.17. The second-order valence-corrected chi connectivity index (χ2v) is 6.70. The molecule has 0 unspecified atom stereocenters. The molecule has 0 atom stereocenters. The van der Waals surface area contributed by atoms with Crippen LogP contribution in [0.15, 0.2) is 16.6 Å². The molecule has 0 heterocycles. The number of rotatable bonds is 10. The maximum atomic E-state index is 6.01. The predicted molar refractivity (Wildman–Crippen MR) is 92.0 cm³/mol. The Kier molecular flexibility index (Phi) is 8.97. The Hall–Kier alpha value is -0.580. The van der Waals surface area contributed by atoms with Crippen molar-refractivity contribution in [1.82, 2.24) is 5.32 Å². The molecular weight excluding hydrogens is 330 g/mol. The standard InChI is InChI=1S/C17H28BrNO2/c1-13(2)11-19-12-15-10-16(18)9-14(3)17(15)21-8-6-5-7-20-4/h9-10,13,19H,5-8,11-12H2,1-4H3. The summed E-state index contributed by atoms with van der Waals surface area (Å²) in [7, 11) is 1.73. The topological polar surface area (TPSA) is 30.5 Å². The summed E-state index contributed by atoms with van der Waals surface area (Å²) in [6.45, 7) is 9.92. The monoisotopic (exact) mass is 357 g/mol. The van der Waals surface area contributed by atoms with Crippen LogP contribution < -0.4 is 10.1 Å². The fraction of sp³-hybridized carbons (Fsp3) is 0.647. The van der Waals surface area contributed by atoms with Gasteiger partial charge in [-0.1, -0.05) is 29.8 Å². The van der Waals surface area contributed by atoms with Gasteiger partial charge in [-0.25, -0.2) is 0 Å². The fourth-order valence-corrected chi connectivity index (χ4v) is 2.78. The van der Waals surface area contributed by atoms with E-state index in [1.165, 1.54) is 11.1 Å². The molecule has 120 valence electrons. The number of nitrogens with one attached hydrogen (secondary N) is 1. The van der Waals surface area contributed by atoms with Crippen LogP contribution in [0.2, 0.25) is 0 Å². The number of aryl methyl sites for hydroxylation is 1. The van der Waals surface area contributed by atoms with Crippen molar-refractivity contribution < 1.29 is 9.47 Å². The van der Waals surface area contributed by atoms with E-state index in [9.17, 15) is 0 Å². The first kappa shape index (κ1) is 18.5. The average molecular weight is 358 g/mol. The van der Waals surface area contributed by atoms with Gasteiger partial charge in [-0.2, -0.15) is 0 Å². The first-order valence-corrected chi connectivity index (χ1v) is 8.45. The van der Waals surface area contributed by atoms with E-state index in [4.69, 9.17) is 9.47 Å². The molecule has 1 aromatic carbocycles. The van der Waals surface area contributed by atoms with E-state index in [2.05, 4.69) is 54.2 Å². The molecule has 21 heavy (non-hydrogen) atoms. The van der Waals surface area contributed by atoms with Gasteiger partial charge in [0.2, 0.25) is 0 Å². The lowest BCUT2D eigenvalue weighted by Gasteiger charge is -2.16. The molecule has 0 aliphatic carbocycles. The molecule has 4 heteroatoms. The summed E-state index contributed by atoms with van der Waals surface area (Å²) in [4.78, 5) is 0.